The van der Waals surface area contributed by atoms with Gasteiger partial charge in [0, 0.05) is 6.42 Å². The molecule has 0 radical (unpaired) electrons. The molecule has 0 aliphatic carbocycles. The summed E-state index contributed by atoms with van der Waals surface area (Å²) >= 11 is 0. The lowest BCUT2D eigenvalue weighted by molar-refractivity contribution is -0.325. The zero-order valence-corrected chi connectivity index (χ0v) is 9.68. The van der Waals surface area contributed by atoms with Crippen LogP contribution in [-0.2, 0) is 9.53 Å². The highest BCUT2D eigenvalue weighted by Crippen LogP contribution is 2.36. The quantitative estimate of drug-likeness (QED) is 0.256. The summed E-state index contributed by atoms with van der Waals surface area (Å²) in [6.07, 6.45) is -9.52. The second kappa shape index (κ2) is 5.25. The van der Waals surface area contributed by atoms with Gasteiger partial charge in [-0.25, -0.2) is 9.18 Å². The molecule has 9 nitrogen and oxygen atoms in total. The Hall–Kier alpha value is -0.880. The van der Waals surface area contributed by atoms with Crippen LogP contribution in [0.3, 0.4) is 0 Å². The first-order chi connectivity index (χ1) is 8.56. The molecule has 6 atom stereocenters. The Balaban J connectivity index is 3.07. The van der Waals surface area contributed by atoms with Crippen molar-refractivity contribution < 1.29 is 44.6 Å². The number of hydrogen-bond donors (Lipinski definition) is 7. The second-order valence-corrected chi connectivity index (χ2v) is 4.42. The molecule has 0 bridgehead atoms. The summed E-state index contributed by atoms with van der Waals surface area (Å²) in [6.45, 7) is -0.987. The lowest BCUT2D eigenvalue weighted by atomic mass is 9.87. The molecule has 8 N–H and O–H groups in total. The fourth-order valence-electron chi connectivity index (χ4n) is 1.74. The lowest BCUT2D eigenvalue weighted by Crippen LogP contribution is -2.71. The van der Waals surface area contributed by atoms with Crippen LogP contribution in [0, 0.1) is 0 Å². The van der Waals surface area contributed by atoms with E-state index in [-0.39, 0.29) is 0 Å². The van der Waals surface area contributed by atoms with Gasteiger partial charge < -0.3 is 35.4 Å². The van der Waals surface area contributed by atoms with Gasteiger partial charge in [0.15, 0.2) is 0 Å². The molecule has 0 unspecified atom stereocenters. The molecule has 112 valence electrons. The van der Waals surface area contributed by atoms with Crippen LogP contribution in [-0.4, -0.2) is 79.2 Å². The molecule has 0 amide bonds. The molecule has 0 aromatic rings. The minimum Gasteiger partial charge on any atom is -0.477 e. The molecule has 1 aliphatic heterocycles. The fourth-order valence-corrected chi connectivity index (χ4v) is 1.74. The Morgan fingerprint density at radius 3 is 2.47 bits per heavy atom. The van der Waals surface area contributed by atoms with Crippen molar-refractivity contribution in [1.82, 2.24) is 0 Å². The highest BCUT2D eigenvalue weighted by atomic mass is 19.1. The maximum atomic E-state index is 14.0. The number of halogens is 1. The average molecular weight is 285 g/mol. The van der Waals surface area contributed by atoms with E-state index in [0.717, 1.165) is 0 Å². The first-order valence-electron chi connectivity index (χ1n) is 5.32. The third-order valence-electron chi connectivity index (χ3n) is 2.96. The Kier molecular flexibility index (Phi) is 4.47. The molecule has 1 aliphatic rings. The van der Waals surface area contributed by atoms with Gasteiger partial charge >= 0.3 is 5.97 Å². The standard InChI is InChI=1S/C9H16FNO8/c10-9(11)4(14)1-8(18,7(16)17)19-6(9)5(15)3(13)2-12/h3-6,12-15,18H,1-2,11H2,(H,16,17)/t3-,4+,5-,6+,8+,9-/m1/s1. The van der Waals surface area contributed by atoms with E-state index in [1.165, 1.54) is 0 Å². The number of aliphatic hydroxyl groups is 5. The molecule has 1 saturated heterocycles. The molecule has 1 fully saturated rings. The first-order valence-corrected chi connectivity index (χ1v) is 5.32. The molecule has 10 heteroatoms. The van der Waals surface area contributed by atoms with Crippen molar-refractivity contribution in [3.05, 3.63) is 0 Å². The van der Waals surface area contributed by atoms with Crippen LogP contribution >= 0.6 is 0 Å². The number of hydrogen-bond acceptors (Lipinski definition) is 8. The lowest BCUT2D eigenvalue weighted by Gasteiger charge is -2.46. The molecular weight excluding hydrogens is 269 g/mol. The van der Waals surface area contributed by atoms with Crippen molar-refractivity contribution in [3.8, 4) is 0 Å². The Labute approximate surface area is 106 Å². The van der Waals surface area contributed by atoms with E-state index in [1.807, 2.05) is 0 Å². The van der Waals surface area contributed by atoms with Gasteiger partial charge in [-0.3, -0.25) is 5.73 Å². The van der Waals surface area contributed by atoms with Crippen molar-refractivity contribution in [1.29, 1.82) is 0 Å². The maximum Gasteiger partial charge on any atom is 0.364 e. The number of carboxylic acid groups (broad SMARTS) is 1. The van der Waals surface area contributed by atoms with Crippen LogP contribution in [0.2, 0.25) is 0 Å². The van der Waals surface area contributed by atoms with Crippen molar-refractivity contribution in [2.45, 2.75) is 42.4 Å². The van der Waals surface area contributed by atoms with Crippen LogP contribution in [0.1, 0.15) is 6.42 Å². The van der Waals surface area contributed by atoms with E-state index in [1.54, 1.807) is 0 Å². The largest absolute Gasteiger partial charge is 0.477 e. The molecule has 0 saturated carbocycles. The molecule has 0 aromatic carbocycles. The van der Waals surface area contributed by atoms with Crippen LogP contribution < -0.4 is 5.73 Å². The van der Waals surface area contributed by atoms with Crippen LogP contribution in [0.5, 0.6) is 0 Å². The molecule has 19 heavy (non-hydrogen) atoms. The third-order valence-corrected chi connectivity index (χ3v) is 2.96. The molecule has 0 aromatic heterocycles. The summed E-state index contributed by atoms with van der Waals surface area (Å²) in [4.78, 5) is 10.8. The third kappa shape index (κ3) is 2.84. The zero-order chi connectivity index (χ0) is 15.0. The van der Waals surface area contributed by atoms with E-state index in [0.29, 0.717) is 0 Å². The van der Waals surface area contributed by atoms with Gasteiger partial charge in [-0.15, -0.1) is 0 Å². The molecule has 1 rings (SSSR count). The van der Waals surface area contributed by atoms with Crippen LogP contribution in [0.25, 0.3) is 0 Å². The number of aliphatic carboxylic acids is 1. The van der Waals surface area contributed by atoms with Gasteiger partial charge in [0.1, 0.15) is 24.4 Å². The number of rotatable bonds is 4. The highest BCUT2D eigenvalue weighted by Gasteiger charge is 2.60. The molecule has 0 spiro atoms. The molecule has 1 heterocycles. The predicted octanol–water partition coefficient (Wildman–Crippen LogP) is -3.75. The second-order valence-electron chi connectivity index (χ2n) is 4.42. The normalized spacial score (nSPS) is 42.7. The number of alkyl halides is 1. The van der Waals surface area contributed by atoms with Crippen molar-refractivity contribution in [2.75, 3.05) is 6.61 Å². The van der Waals surface area contributed by atoms with Gasteiger partial charge in [-0.05, 0) is 0 Å². The Morgan fingerprint density at radius 1 is 1.53 bits per heavy atom. The number of nitrogens with two attached hydrogens (primary N) is 1. The van der Waals surface area contributed by atoms with Gasteiger partial charge in [-0.1, -0.05) is 0 Å². The fraction of sp³-hybridized carbons (Fsp3) is 0.889. The van der Waals surface area contributed by atoms with Crippen molar-refractivity contribution in [3.63, 3.8) is 0 Å². The first kappa shape index (κ1) is 16.2. The number of carboxylic acids is 1. The summed E-state index contributed by atoms with van der Waals surface area (Å²) in [5, 5.41) is 55.1. The van der Waals surface area contributed by atoms with Crippen molar-refractivity contribution in [2.24, 2.45) is 5.73 Å². The van der Waals surface area contributed by atoms with E-state index in [4.69, 9.17) is 15.9 Å². The zero-order valence-electron chi connectivity index (χ0n) is 9.68. The summed E-state index contributed by atoms with van der Waals surface area (Å²) in [5.74, 6) is -8.00. The molecular formula is C9H16FNO8. The Morgan fingerprint density at radius 2 is 2.05 bits per heavy atom. The minimum atomic E-state index is -3.11. The van der Waals surface area contributed by atoms with E-state index in [2.05, 4.69) is 4.74 Å². The van der Waals surface area contributed by atoms with Gasteiger partial charge in [0.05, 0.1) is 6.61 Å². The van der Waals surface area contributed by atoms with Crippen LogP contribution in [0.4, 0.5) is 4.39 Å². The summed E-state index contributed by atoms with van der Waals surface area (Å²) in [7, 11) is 0. The minimum absolute atomic E-state index is 0.987. The Bertz CT molecular complexity index is 353. The topological polar surface area (TPSA) is 174 Å². The van der Waals surface area contributed by atoms with Gasteiger partial charge in [-0.2, -0.15) is 0 Å². The highest BCUT2D eigenvalue weighted by molar-refractivity contribution is 5.75. The predicted molar refractivity (Wildman–Crippen MR) is 55.2 cm³/mol. The maximum absolute atomic E-state index is 14.0. The average Bonchev–Trinajstić information content (AvgIpc) is 2.32. The summed E-state index contributed by atoms with van der Waals surface area (Å²) in [6, 6.07) is 0. The number of aliphatic hydroxyl groups excluding tert-OH is 4. The van der Waals surface area contributed by atoms with Crippen molar-refractivity contribution >= 4 is 5.97 Å². The van der Waals surface area contributed by atoms with E-state index in [9.17, 15) is 29.6 Å². The number of ether oxygens (including phenoxy) is 1. The van der Waals surface area contributed by atoms with Gasteiger partial charge in [0.25, 0.3) is 5.79 Å². The monoisotopic (exact) mass is 285 g/mol. The van der Waals surface area contributed by atoms with E-state index >= 15 is 0 Å². The summed E-state index contributed by atoms with van der Waals surface area (Å²) in [5.41, 5.74) is 5.08. The SMILES string of the molecule is N[C@]1(F)[C@@H](O)C[C@@](O)(C(=O)O)O[C@H]1[C@H](O)[C@H](O)CO. The number of carbonyl (C=O) groups is 1. The summed E-state index contributed by atoms with van der Waals surface area (Å²) < 4.78 is 18.5. The van der Waals surface area contributed by atoms with Crippen LogP contribution in [0.15, 0.2) is 0 Å². The van der Waals surface area contributed by atoms with E-state index < -0.39 is 55.0 Å². The van der Waals surface area contributed by atoms with Gasteiger partial charge in [0.2, 0.25) is 5.79 Å². The smallest absolute Gasteiger partial charge is 0.364 e.